The quantitative estimate of drug-likeness (QED) is 0.644. The van der Waals surface area contributed by atoms with Crippen LogP contribution < -0.4 is 19.5 Å². The van der Waals surface area contributed by atoms with Crippen LogP contribution in [0.3, 0.4) is 0 Å². The zero-order chi connectivity index (χ0) is 17.2. The van der Waals surface area contributed by atoms with Gasteiger partial charge < -0.3 is 24.6 Å². The molecule has 0 radical (unpaired) electrons. The highest BCUT2D eigenvalue weighted by molar-refractivity contribution is 6.32. The van der Waals surface area contributed by atoms with Gasteiger partial charge in [-0.2, -0.15) is 0 Å². The number of para-hydroxylation sites is 1. The average Bonchev–Trinajstić information content (AvgIpc) is 2.61. The maximum absolute atomic E-state index is 8.78. The Morgan fingerprint density at radius 3 is 2.46 bits per heavy atom. The van der Waals surface area contributed by atoms with E-state index in [0.717, 1.165) is 5.56 Å². The van der Waals surface area contributed by atoms with Crippen molar-refractivity contribution in [2.24, 2.45) is 0 Å². The van der Waals surface area contributed by atoms with Gasteiger partial charge in [0.15, 0.2) is 11.5 Å². The van der Waals surface area contributed by atoms with Crippen LogP contribution in [0, 0.1) is 0 Å². The second kappa shape index (κ2) is 10.0. The van der Waals surface area contributed by atoms with E-state index in [0.29, 0.717) is 48.6 Å². The highest BCUT2D eigenvalue weighted by atomic mass is 35.5. The normalized spacial score (nSPS) is 10.5. The van der Waals surface area contributed by atoms with Crippen molar-refractivity contribution in [1.29, 1.82) is 0 Å². The van der Waals surface area contributed by atoms with Crippen LogP contribution in [0.1, 0.15) is 5.56 Å². The minimum Gasteiger partial charge on any atom is -0.493 e. The predicted octanol–water partition coefficient (Wildman–Crippen LogP) is 2.89. The Balaban J connectivity index is 1.84. The summed E-state index contributed by atoms with van der Waals surface area (Å²) in [6.07, 6.45) is 0. The molecule has 0 amide bonds. The lowest BCUT2D eigenvalue weighted by atomic mass is 10.2. The third-order valence-electron chi connectivity index (χ3n) is 3.28. The Hall–Kier alpha value is -1.95. The first-order valence-corrected chi connectivity index (χ1v) is 8.11. The fourth-order valence-corrected chi connectivity index (χ4v) is 2.31. The first-order valence-electron chi connectivity index (χ1n) is 7.73. The van der Waals surface area contributed by atoms with E-state index < -0.39 is 0 Å². The molecule has 0 spiro atoms. The third-order valence-corrected chi connectivity index (χ3v) is 3.59. The fraction of sp³-hybridized carbons (Fsp3) is 0.333. The molecule has 5 nitrogen and oxygen atoms in total. The summed E-state index contributed by atoms with van der Waals surface area (Å²) in [7, 11) is 1.60. The zero-order valence-electron chi connectivity index (χ0n) is 13.6. The van der Waals surface area contributed by atoms with Crippen LogP contribution >= 0.6 is 11.6 Å². The smallest absolute Gasteiger partial charge is 0.161 e. The zero-order valence-corrected chi connectivity index (χ0v) is 14.4. The van der Waals surface area contributed by atoms with Gasteiger partial charge in [0.2, 0.25) is 0 Å². The van der Waals surface area contributed by atoms with Crippen molar-refractivity contribution in [2.75, 3.05) is 33.5 Å². The molecule has 6 heteroatoms. The van der Waals surface area contributed by atoms with E-state index in [9.17, 15) is 0 Å². The lowest BCUT2D eigenvalue weighted by Gasteiger charge is -2.13. The number of hydrogen-bond acceptors (Lipinski definition) is 5. The number of hydrogen-bond donors (Lipinski definition) is 2. The van der Waals surface area contributed by atoms with Crippen molar-refractivity contribution < 1.29 is 19.3 Å². The number of methoxy groups -OCH3 is 1. The van der Waals surface area contributed by atoms with E-state index in [1.54, 1.807) is 13.2 Å². The van der Waals surface area contributed by atoms with Crippen molar-refractivity contribution in [3.63, 3.8) is 0 Å². The molecule has 2 aromatic rings. The van der Waals surface area contributed by atoms with E-state index in [1.165, 1.54) is 0 Å². The van der Waals surface area contributed by atoms with Crippen molar-refractivity contribution >= 4 is 11.6 Å². The van der Waals surface area contributed by atoms with Crippen molar-refractivity contribution in [3.8, 4) is 17.2 Å². The van der Waals surface area contributed by atoms with Crippen LogP contribution in [-0.4, -0.2) is 38.6 Å². The lowest BCUT2D eigenvalue weighted by Crippen LogP contribution is -2.17. The number of halogens is 1. The van der Waals surface area contributed by atoms with Crippen LogP contribution in [0.25, 0.3) is 0 Å². The number of rotatable bonds is 10. The summed E-state index contributed by atoms with van der Waals surface area (Å²) < 4.78 is 16.7. The molecule has 0 aliphatic heterocycles. The highest BCUT2D eigenvalue weighted by Crippen LogP contribution is 2.28. The molecule has 2 aromatic carbocycles. The topological polar surface area (TPSA) is 60.0 Å². The molecule has 0 fully saturated rings. The van der Waals surface area contributed by atoms with Gasteiger partial charge in [-0.15, -0.1) is 0 Å². The molecule has 0 aliphatic rings. The van der Waals surface area contributed by atoms with Gasteiger partial charge in [-0.05, 0) is 29.8 Å². The number of aliphatic hydroxyl groups is 1. The second-order valence-electron chi connectivity index (χ2n) is 5.01. The molecule has 24 heavy (non-hydrogen) atoms. The molecule has 0 saturated heterocycles. The van der Waals surface area contributed by atoms with Crippen molar-refractivity contribution in [3.05, 3.63) is 53.1 Å². The summed E-state index contributed by atoms with van der Waals surface area (Å²) in [4.78, 5) is 0. The molecule has 2 N–H and O–H groups in total. The van der Waals surface area contributed by atoms with Gasteiger partial charge in [0.05, 0.1) is 18.7 Å². The summed E-state index contributed by atoms with van der Waals surface area (Å²) >= 11 is 6.03. The first kappa shape index (κ1) is 18.4. The van der Waals surface area contributed by atoms with Gasteiger partial charge in [0.1, 0.15) is 19.0 Å². The monoisotopic (exact) mass is 351 g/mol. The highest BCUT2D eigenvalue weighted by Gasteiger charge is 2.06. The summed E-state index contributed by atoms with van der Waals surface area (Å²) in [6.45, 7) is 2.09. The molecule has 0 heterocycles. The maximum atomic E-state index is 8.78. The average molecular weight is 352 g/mol. The molecule has 0 saturated carbocycles. The third kappa shape index (κ3) is 5.60. The summed E-state index contributed by atoms with van der Waals surface area (Å²) in [5.74, 6) is 1.96. The SMILES string of the molecule is COc1cc(CNCCO)ccc1OCCOc1ccccc1Cl. The van der Waals surface area contributed by atoms with Gasteiger partial charge in [-0.1, -0.05) is 29.8 Å². The van der Waals surface area contributed by atoms with Crippen LogP contribution in [0.4, 0.5) is 0 Å². The van der Waals surface area contributed by atoms with Crippen LogP contribution in [0.15, 0.2) is 42.5 Å². The van der Waals surface area contributed by atoms with E-state index in [2.05, 4.69) is 5.32 Å². The molecule has 0 aromatic heterocycles. The maximum Gasteiger partial charge on any atom is 0.161 e. The van der Waals surface area contributed by atoms with Gasteiger partial charge in [-0.3, -0.25) is 0 Å². The molecule has 0 atom stereocenters. The van der Waals surface area contributed by atoms with E-state index >= 15 is 0 Å². The number of benzene rings is 2. The van der Waals surface area contributed by atoms with Gasteiger partial charge in [-0.25, -0.2) is 0 Å². The van der Waals surface area contributed by atoms with Gasteiger partial charge >= 0.3 is 0 Å². The lowest BCUT2D eigenvalue weighted by molar-refractivity contribution is 0.211. The van der Waals surface area contributed by atoms with E-state index in [1.807, 2.05) is 36.4 Å². The molecule has 0 bridgehead atoms. The van der Waals surface area contributed by atoms with Crippen molar-refractivity contribution in [1.82, 2.24) is 5.32 Å². The Bertz CT molecular complexity index is 636. The number of ether oxygens (including phenoxy) is 3. The Kier molecular flexibility index (Phi) is 7.68. The molecular formula is C18H22ClNO4. The summed E-state index contributed by atoms with van der Waals surface area (Å²) in [5, 5.41) is 12.5. The second-order valence-corrected chi connectivity index (χ2v) is 5.42. The first-order chi connectivity index (χ1) is 11.7. The Labute approximate surface area is 147 Å². The van der Waals surface area contributed by atoms with E-state index in [-0.39, 0.29) is 6.61 Å². The Morgan fingerprint density at radius 1 is 1.00 bits per heavy atom. The standard InChI is InChI=1S/C18H22ClNO4/c1-22-18-12-14(13-20-8-9-21)6-7-17(18)24-11-10-23-16-5-3-2-4-15(16)19/h2-7,12,20-21H,8-11,13H2,1H3. The van der Waals surface area contributed by atoms with Crippen LogP contribution in [0.5, 0.6) is 17.2 Å². The van der Waals surface area contributed by atoms with Crippen molar-refractivity contribution in [2.45, 2.75) is 6.54 Å². The number of nitrogens with one attached hydrogen (secondary N) is 1. The summed E-state index contributed by atoms with van der Waals surface area (Å²) in [6, 6.07) is 13.1. The predicted molar refractivity (Wildman–Crippen MR) is 94.2 cm³/mol. The van der Waals surface area contributed by atoms with Crippen LogP contribution in [-0.2, 0) is 6.54 Å². The molecule has 130 valence electrons. The largest absolute Gasteiger partial charge is 0.493 e. The molecule has 0 unspecified atom stereocenters. The minimum atomic E-state index is 0.115. The minimum absolute atomic E-state index is 0.115. The van der Waals surface area contributed by atoms with E-state index in [4.69, 9.17) is 30.9 Å². The number of aliphatic hydroxyl groups excluding tert-OH is 1. The Morgan fingerprint density at radius 2 is 1.75 bits per heavy atom. The van der Waals surface area contributed by atoms with Gasteiger partial charge in [0.25, 0.3) is 0 Å². The molecule has 0 aliphatic carbocycles. The van der Waals surface area contributed by atoms with Gasteiger partial charge in [0, 0.05) is 13.1 Å². The van der Waals surface area contributed by atoms with Crippen LogP contribution in [0.2, 0.25) is 5.02 Å². The molecular weight excluding hydrogens is 330 g/mol. The summed E-state index contributed by atoms with van der Waals surface area (Å²) in [5.41, 5.74) is 1.06. The fourth-order valence-electron chi connectivity index (χ4n) is 2.12. The molecule has 2 rings (SSSR count).